The van der Waals surface area contributed by atoms with Crippen LogP contribution in [0.25, 0.3) is 0 Å². The number of fused-ring (bicyclic) bond motifs is 1. The van der Waals surface area contributed by atoms with Crippen molar-refractivity contribution < 1.29 is 24.4 Å². The van der Waals surface area contributed by atoms with E-state index in [-0.39, 0.29) is 0 Å². The monoisotopic (exact) mass is 272 g/mol. The predicted molar refractivity (Wildman–Crippen MR) is 64.0 cm³/mol. The van der Waals surface area contributed by atoms with Crippen LogP contribution in [0, 0.1) is 0 Å². The summed E-state index contributed by atoms with van der Waals surface area (Å²) in [7, 11) is 0. The Hall–Kier alpha value is -0.500. The molecular weight excluding hydrogens is 256 g/mol. The quantitative estimate of drug-likeness (QED) is 0.841. The summed E-state index contributed by atoms with van der Waals surface area (Å²) in [6.07, 6.45) is -3.63. The Balaban J connectivity index is 1.75. The number of ether oxygens (including phenoxy) is 3. The first-order valence-corrected chi connectivity index (χ1v) is 6.76. The van der Waals surface area contributed by atoms with Crippen LogP contribution in [0.2, 0.25) is 0 Å². The molecule has 2 saturated heterocycles. The maximum atomic E-state index is 10.2. The zero-order chi connectivity index (χ0) is 12.9. The van der Waals surface area contributed by atoms with Gasteiger partial charge in [0.25, 0.3) is 0 Å². The predicted octanol–water partition coefficient (Wildman–Crippen LogP) is 1.02. The molecule has 2 N–H and O–H groups in total. The molecule has 18 heavy (non-hydrogen) atoms. The normalized spacial score (nSPS) is 39.8. The van der Waals surface area contributed by atoms with Crippen LogP contribution in [-0.4, -0.2) is 40.6 Å². The van der Waals surface area contributed by atoms with Crippen molar-refractivity contribution in [2.45, 2.75) is 50.3 Å². The van der Waals surface area contributed by atoms with Crippen molar-refractivity contribution in [2.24, 2.45) is 0 Å². The van der Waals surface area contributed by atoms with Gasteiger partial charge in [-0.15, -0.1) is 11.3 Å². The lowest BCUT2D eigenvalue weighted by Gasteiger charge is -2.25. The average Bonchev–Trinajstić information content (AvgIpc) is 2.96. The third kappa shape index (κ3) is 1.99. The fourth-order valence-corrected chi connectivity index (χ4v) is 3.14. The summed E-state index contributed by atoms with van der Waals surface area (Å²) in [6, 6.07) is 3.66. The summed E-state index contributed by atoms with van der Waals surface area (Å²) in [4.78, 5) is 0.762. The molecule has 0 aromatic carbocycles. The van der Waals surface area contributed by atoms with E-state index in [9.17, 15) is 10.2 Å². The highest BCUT2D eigenvalue weighted by Gasteiger charge is 2.56. The number of hydrogen-bond acceptors (Lipinski definition) is 6. The van der Waals surface area contributed by atoms with E-state index in [1.54, 1.807) is 13.8 Å². The highest BCUT2D eigenvalue weighted by atomic mass is 32.1. The molecule has 0 unspecified atom stereocenters. The summed E-state index contributed by atoms with van der Waals surface area (Å²) < 4.78 is 16.7. The SMILES string of the molecule is CC1(C)O[C@H]2O[C@H]([C@H](O)c3cccs3)[C@H](O)[C@H]2O1. The summed E-state index contributed by atoms with van der Waals surface area (Å²) >= 11 is 1.43. The average molecular weight is 272 g/mol. The summed E-state index contributed by atoms with van der Waals surface area (Å²) in [5.74, 6) is -0.755. The van der Waals surface area contributed by atoms with E-state index in [1.807, 2.05) is 17.5 Å². The van der Waals surface area contributed by atoms with Crippen molar-refractivity contribution in [1.29, 1.82) is 0 Å². The third-order valence-electron chi connectivity index (χ3n) is 3.20. The molecule has 0 spiro atoms. The van der Waals surface area contributed by atoms with Crippen molar-refractivity contribution in [3.8, 4) is 0 Å². The third-order valence-corrected chi connectivity index (χ3v) is 4.14. The zero-order valence-corrected chi connectivity index (χ0v) is 11.0. The first-order chi connectivity index (χ1) is 8.48. The lowest BCUT2D eigenvalue weighted by Crippen LogP contribution is -2.37. The van der Waals surface area contributed by atoms with Crippen LogP contribution in [0.5, 0.6) is 0 Å². The van der Waals surface area contributed by atoms with Crippen LogP contribution in [0.4, 0.5) is 0 Å². The minimum absolute atomic E-state index is 0.542. The molecule has 0 bridgehead atoms. The molecule has 0 saturated carbocycles. The smallest absolute Gasteiger partial charge is 0.190 e. The van der Waals surface area contributed by atoms with Crippen molar-refractivity contribution in [3.05, 3.63) is 22.4 Å². The molecule has 1 aromatic heterocycles. The lowest BCUT2D eigenvalue weighted by molar-refractivity contribution is -0.226. The minimum atomic E-state index is -0.895. The fraction of sp³-hybridized carbons (Fsp3) is 0.667. The van der Waals surface area contributed by atoms with Gasteiger partial charge in [-0.25, -0.2) is 0 Å². The molecule has 0 amide bonds. The molecule has 5 atom stereocenters. The molecule has 3 rings (SSSR count). The van der Waals surface area contributed by atoms with Crippen molar-refractivity contribution in [2.75, 3.05) is 0 Å². The van der Waals surface area contributed by atoms with Crippen molar-refractivity contribution in [1.82, 2.24) is 0 Å². The standard InChI is InChI=1S/C12H16O5S/c1-12(2)16-10-8(14)9(15-11(10)17-12)7(13)6-4-3-5-18-6/h3-5,7-11,13-14H,1-2H3/t7-,8+,9-,10-,11-/m1/s1. The van der Waals surface area contributed by atoms with Crippen LogP contribution >= 0.6 is 11.3 Å². The zero-order valence-electron chi connectivity index (χ0n) is 10.1. The van der Waals surface area contributed by atoms with E-state index in [2.05, 4.69) is 0 Å². The molecule has 0 aliphatic carbocycles. The number of aliphatic hydroxyl groups excluding tert-OH is 2. The molecule has 2 aliphatic heterocycles. The maximum absolute atomic E-state index is 10.2. The molecule has 2 fully saturated rings. The van der Waals surface area contributed by atoms with Gasteiger partial charge in [-0.2, -0.15) is 0 Å². The van der Waals surface area contributed by atoms with Crippen LogP contribution in [-0.2, 0) is 14.2 Å². The van der Waals surface area contributed by atoms with Crippen LogP contribution < -0.4 is 0 Å². The summed E-state index contributed by atoms with van der Waals surface area (Å²) in [6.45, 7) is 3.54. The Morgan fingerprint density at radius 3 is 2.78 bits per heavy atom. The first-order valence-electron chi connectivity index (χ1n) is 5.88. The molecular formula is C12H16O5S. The van der Waals surface area contributed by atoms with E-state index in [4.69, 9.17) is 14.2 Å². The van der Waals surface area contributed by atoms with Crippen LogP contribution in [0.15, 0.2) is 17.5 Å². The Kier molecular flexibility index (Phi) is 2.97. The largest absolute Gasteiger partial charge is 0.387 e. The Morgan fingerprint density at radius 1 is 1.39 bits per heavy atom. The fourth-order valence-electron chi connectivity index (χ4n) is 2.40. The molecule has 1 aromatic rings. The minimum Gasteiger partial charge on any atom is -0.387 e. The van der Waals surface area contributed by atoms with Gasteiger partial charge >= 0.3 is 0 Å². The molecule has 100 valence electrons. The van der Waals surface area contributed by atoms with E-state index in [1.165, 1.54) is 11.3 Å². The summed E-state index contributed by atoms with van der Waals surface area (Å²) in [5.41, 5.74) is 0. The Labute approximate surface area is 109 Å². The highest BCUT2D eigenvalue weighted by molar-refractivity contribution is 7.10. The lowest BCUT2D eigenvalue weighted by atomic mass is 10.0. The van der Waals surface area contributed by atoms with Gasteiger partial charge in [-0.05, 0) is 25.3 Å². The van der Waals surface area contributed by atoms with E-state index >= 15 is 0 Å². The van der Waals surface area contributed by atoms with Crippen LogP contribution in [0.1, 0.15) is 24.8 Å². The Morgan fingerprint density at radius 2 is 2.17 bits per heavy atom. The maximum Gasteiger partial charge on any atom is 0.190 e. The van der Waals surface area contributed by atoms with Crippen LogP contribution in [0.3, 0.4) is 0 Å². The van der Waals surface area contributed by atoms with Gasteiger partial charge < -0.3 is 24.4 Å². The van der Waals surface area contributed by atoms with Gasteiger partial charge in [-0.1, -0.05) is 6.07 Å². The molecule has 5 nitrogen and oxygen atoms in total. The Bertz CT molecular complexity index is 418. The number of rotatable bonds is 2. The number of hydrogen-bond donors (Lipinski definition) is 2. The van der Waals surface area contributed by atoms with Gasteiger partial charge in [0, 0.05) is 4.88 Å². The second kappa shape index (κ2) is 4.26. The number of thiophene rings is 1. The highest BCUT2D eigenvalue weighted by Crippen LogP contribution is 2.41. The first kappa shape index (κ1) is 12.5. The summed E-state index contributed by atoms with van der Waals surface area (Å²) in [5, 5.41) is 22.2. The van der Waals surface area contributed by atoms with E-state index in [0.29, 0.717) is 0 Å². The molecule has 2 aliphatic rings. The molecule has 3 heterocycles. The van der Waals surface area contributed by atoms with E-state index in [0.717, 1.165) is 4.88 Å². The molecule has 0 radical (unpaired) electrons. The van der Waals surface area contributed by atoms with Gasteiger partial charge in [0.1, 0.15) is 24.4 Å². The second-order valence-electron chi connectivity index (χ2n) is 5.02. The van der Waals surface area contributed by atoms with Crippen molar-refractivity contribution >= 4 is 11.3 Å². The van der Waals surface area contributed by atoms with E-state index < -0.39 is 36.5 Å². The number of aliphatic hydroxyl groups is 2. The van der Waals surface area contributed by atoms with Gasteiger partial charge in [0.15, 0.2) is 12.1 Å². The van der Waals surface area contributed by atoms with Gasteiger partial charge in [-0.3, -0.25) is 0 Å². The molecule has 6 heteroatoms. The van der Waals surface area contributed by atoms with Gasteiger partial charge in [0.2, 0.25) is 0 Å². The van der Waals surface area contributed by atoms with Gasteiger partial charge in [0.05, 0.1) is 0 Å². The second-order valence-corrected chi connectivity index (χ2v) is 6.00. The topological polar surface area (TPSA) is 68.2 Å². The van der Waals surface area contributed by atoms with Crippen molar-refractivity contribution in [3.63, 3.8) is 0 Å².